The summed E-state index contributed by atoms with van der Waals surface area (Å²) >= 11 is 0. The maximum Gasteiger partial charge on any atom is 0.222 e. The summed E-state index contributed by atoms with van der Waals surface area (Å²) in [5.74, 6) is 1.95. The normalized spacial score (nSPS) is 22.0. The molecule has 2 saturated heterocycles. The number of carbonyl (C=O) groups is 1. The molecule has 4 heteroatoms. The third kappa shape index (κ3) is 5.46. The lowest BCUT2D eigenvalue weighted by Crippen LogP contribution is -2.32. The fourth-order valence-corrected chi connectivity index (χ4v) is 4.17. The van der Waals surface area contributed by atoms with Crippen LogP contribution in [0, 0.1) is 5.92 Å². The SMILES string of the molecule is COc1cccc(CCC(=O)N2CCCC(CN3CCCC3)CC2)c1. The fraction of sp³-hybridized carbons (Fsp3) is 0.667. The number of aryl methyl sites for hydroxylation is 1. The van der Waals surface area contributed by atoms with Crippen LogP contribution in [0.1, 0.15) is 44.1 Å². The molecule has 1 atom stereocenters. The zero-order chi connectivity index (χ0) is 17.5. The predicted octanol–water partition coefficient (Wildman–Crippen LogP) is 3.35. The molecule has 4 nitrogen and oxygen atoms in total. The highest BCUT2D eigenvalue weighted by Crippen LogP contribution is 2.22. The van der Waals surface area contributed by atoms with E-state index in [9.17, 15) is 4.79 Å². The van der Waals surface area contributed by atoms with E-state index >= 15 is 0 Å². The van der Waals surface area contributed by atoms with Crippen molar-refractivity contribution < 1.29 is 9.53 Å². The molecule has 0 bridgehead atoms. The van der Waals surface area contributed by atoms with Crippen LogP contribution < -0.4 is 4.74 Å². The molecule has 3 rings (SSSR count). The first-order valence-electron chi connectivity index (χ1n) is 9.87. The first-order valence-corrected chi connectivity index (χ1v) is 9.87. The van der Waals surface area contributed by atoms with E-state index in [1.165, 1.54) is 50.9 Å². The Morgan fingerprint density at radius 2 is 1.96 bits per heavy atom. The summed E-state index contributed by atoms with van der Waals surface area (Å²) in [4.78, 5) is 17.3. The van der Waals surface area contributed by atoms with Crippen molar-refractivity contribution in [2.24, 2.45) is 5.92 Å². The minimum atomic E-state index is 0.310. The Morgan fingerprint density at radius 3 is 2.76 bits per heavy atom. The zero-order valence-corrected chi connectivity index (χ0v) is 15.6. The Bertz CT molecular complexity index is 555. The molecule has 0 N–H and O–H groups in total. The lowest BCUT2D eigenvalue weighted by atomic mass is 10.0. The van der Waals surface area contributed by atoms with Gasteiger partial charge >= 0.3 is 0 Å². The van der Waals surface area contributed by atoms with Crippen LogP contribution in [0.15, 0.2) is 24.3 Å². The highest BCUT2D eigenvalue weighted by molar-refractivity contribution is 5.76. The molecular weight excluding hydrogens is 312 g/mol. The number of nitrogens with zero attached hydrogens (tertiary/aromatic N) is 2. The van der Waals surface area contributed by atoms with Crippen molar-refractivity contribution in [2.45, 2.75) is 44.9 Å². The van der Waals surface area contributed by atoms with Gasteiger partial charge in [-0.05, 0) is 75.2 Å². The van der Waals surface area contributed by atoms with Gasteiger partial charge in [-0.2, -0.15) is 0 Å². The first-order chi connectivity index (χ1) is 12.2. The third-order valence-corrected chi connectivity index (χ3v) is 5.68. The molecule has 1 aromatic rings. The average molecular weight is 344 g/mol. The van der Waals surface area contributed by atoms with E-state index in [2.05, 4.69) is 15.9 Å². The van der Waals surface area contributed by atoms with Crippen molar-refractivity contribution >= 4 is 5.91 Å². The van der Waals surface area contributed by atoms with Gasteiger partial charge in [0.25, 0.3) is 0 Å². The van der Waals surface area contributed by atoms with Gasteiger partial charge < -0.3 is 14.5 Å². The van der Waals surface area contributed by atoms with Gasteiger partial charge in [0.1, 0.15) is 5.75 Å². The summed E-state index contributed by atoms with van der Waals surface area (Å²) in [5, 5.41) is 0. The van der Waals surface area contributed by atoms with Crippen LogP contribution in [0.25, 0.3) is 0 Å². The molecule has 2 aliphatic rings. The van der Waals surface area contributed by atoms with Crippen LogP contribution in [0.3, 0.4) is 0 Å². The molecule has 1 aromatic carbocycles. The molecule has 0 radical (unpaired) electrons. The van der Waals surface area contributed by atoms with Crippen molar-refractivity contribution in [3.05, 3.63) is 29.8 Å². The number of likely N-dealkylation sites (tertiary alicyclic amines) is 2. The third-order valence-electron chi connectivity index (χ3n) is 5.68. The minimum absolute atomic E-state index is 0.310. The summed E-state index contributed by atoms with van der Waals surface area (Å²) in [7, 11) is 1.68. The molecule has 0 saturated carbocycles. The van der Waals surface area contributed by atoms with Crippen LogP contribution >= 0.6 is 0 Å². The maximum atomic E-state index is 12.6. The fourth-order valence-electron chi connectivity index (χ4n) is 4.17. The Labute approximate surface area is 152 Å². The number of ether oxygens (including phenoxy) is 1. The smallest absolute Gasteiger partial charge is 0.222 e. The van der Waals surface area contributed by atoms with Crippen molar-refractivity contribution in [2.75, 3.05) is 39.8 Å². The molecule has 2 fully saturated rings. The second kappa shape index (κ2) is 9.23. The summed E-state index contributed by atoms with van der Waals surface area (Å²) in [5.41, 5.74) is 1.18. The Kier molecular flexibility index (Phi) is 6.74. The quantitative estimate of drug-likeness (QED) is 0.793. The van der Waals surface area contributed by atoms with Gasteiger partial charge in [0.2, 0.25) is 5.91 Å². The lowest BCUT2D eigenvalue weighted by Gasteiger charge is -2.23. The molecule has 1 unspecified atom stereocenters. The van der Waals surface area contributed by atoms with E-state index in [4.69, 9.17) is 4.74 Å². The van der Waals surface area contributed by atoms with E-state index in [0.717, 1.165) is 37.6 Å². The monoisotopic (exact) mass is 344 g/mol. The van der Waals surface area contributed by atoms with Gasteiger partial charge in [0, 0.05) is 26.1 Å². The lowest BCUT2D eigenvalue weighted by molar-refractivity contribution is -0.131. The first kappa shape index (κ1) is 18.2. The second-order valence-corrected chi connectivity index (χ2v) is 7.54. The minimum Gasteiger partial charge on any atom is -0.497 e. The van der Waals surface area contributed by atoms with E-state index in [1.54, 1.807) is 7.11 Å². The summed E-state index contributed by atoms with van der Waals surface area (Å²) in [6.45, 7) is 5.67. The number of hydrogen-bond acceptors (Lipinski definition) is 3. The van der Waals surface area contributed by atoms with Gasteiger partial charge in [-0.15, -0.1) is 0 Å². The van der Waals surface area contributed by atoms with E-state index in [0.29, 0.717) is 12.3 Å². The van der Waals surface area contributed by atoms with Gasteiger partial charge in [-0.3, -0.25) is 4.79 Å². The number of benzene rings is 1. The number of rotatable bonds is 6. The predicted molar refractivity (Wildman–Crippen MR) is 101 cm³/mol. The number of hydrogen-bond donors (Lipinski definition) is 0. The highest BCUT2D eigenvalue weighted by atomic mass is 16.5. The van der Waals surface area contributed by atoms with Crippen molar-refractivity contribution in [1.29, 1.82) is 0 Å². The Hall–Kier alpha value is -1.55. The Balaban J connectivity index is 1.44. The summed E-state index contributed by atoms with van der Waals surface area (Å²) in [6, 6.07) is 8.04. The molecular formula is C21H32N2O2. The van der Waals surface area contributed by atoms with Gasteiger partial charge in [-0.25, -0.2) is 0 Å². The topological polar surface area (TPSA) is 32.8 Å². The van der Waals surface area contributed by atoms with Crippen LogP contribution in [-0.4, -0.2) is 55.5 Å². The molecule has 1 amide bonds. The molecule has 0 aromatic heterocycles. The maximum absolute atomic E-state index is 12.6. The van der Waals surface area contributed by atoms with Crippen LogP contribution in [0.5, 0.6) is 5.75 Å². The second-order valence-electron chi connectivity index (χ2n) is 7.54. The summed E-state index contributed by atoms with van der Waals surface area (Å²) < 4.78 is 5.26. The van der Waals surface area contributed by atoms with Crippen LogP contribution in [-0.2, 0) is 11.2 Å². The molecule has 0 spiro atoms. The number of carbonyl (C=O) groups excluding carboxylic acids is 1. The van der Waals surface area contributed by atoms with Gasteiger partial charge in [0.15, 0.2) is 0 Å². The zero-order valence-electron chi connectivity index (χ0n) is 15.6. The van der Waals surface area contributed by atoms with Crippen LogP contribution in [0.4, 0.5) is 0 Å². The molecule has 0 aliphatic carbocycles. The van der Waals surface area contributed by atoms with Gasteiger partial charge in [-0.1, -0.05) is 12.1 Å². The molecule has 25 heavy (non-hydrogen) atoms. The molecule has 2 heterocycles. The highest BCUT2D eigenvalue weighted by Gasteiger charge is 2.23. The molecule has 138 valence electrons. The van der Waals surface area contributed by atoms with Crippen molar-refractivity contribution in [3.8, 4) is 5.75 Å². The van der Waals surface area contributed by atoms with Crippen molar-refractivity contribution in [1.82, 2.24) is 9.80 Å². The van der Waals surface area contributed by atoms with E-state index in [1.807, 2.05) is 18.2 Å². The Morgan fingerprint density at radius 1 is 1.12 bits per heavy atom. The van der Waals surface area contributed by atoms with E-state index in [-0.39, 0.29) is 0 Å². The number of amides is 1. The van der Waals surface area contributed by atoms with Crippen molar-refractivity contribution in [3.63, 3.8) is 0 Å². The van der Waals surface area contributed by atoms with E-state index < -0.39 is 0 Å². The summed E-state index contributed by atoms with van der Waals surface area (Å²) in [6.07, 6.45) is 7.72. The number of methoxy groups -OCH3 is 1. The largest absolute Gasteiger partial charge is 0.497 e. The van der Waals surface area contributed by atoms with Crippen LogP contribution in [0.2, 0.25) is 0 Å². The molecule has 2 aliphatic heterocycles. The standard InChI is InChI=1S/C21H32N2O2/c1-25-20-8-4-6-18(16-20)9-10-21(24)23-14-5-7-19(11-15-23)17-22-12-2-3-13-22/h4,6,8,16,19H,2-3,5,7,9-15,17H2,1H3. The average Bonchev–Trinajstić information content (AvgIpc) is 3.04. The van der Waals surface area contributed by atoms with Gasteiger partial charge in [0.05, 0.1) is 7.11 Å².